The molecule has 2 rings (SSSR count). The number of amides is 1. The van der Waals surface area contributed by atoms with Crippen LogP contribution in [0.5, 0.6) is 0 Å². The zero-order chi connectivity index (χ0) is 15.2. The lowest BCUT2D eigenvalue weighted by molar-refractivity contribution is -0.151. The molecule has 0 radical (unpaired) electrons. The minimum atomic E-state index is -0.697. The number of morpholine rings is 1. The summed E-state index contributed by atoms with van der Waals surface area (Å²) in [6, 6.07) is 2.78. The number of hydrogen-bond donors (Lipinski definition) is 1. The molecule has 2 N–H and O–H groups in total. The fourth-order valence-corrected chi connectivity index (χ4v) is 2.81. The standard InChI is InChI=1S/C14H16N2O4S/c1-19-14(18)11-9-20-8-7-16(11)13(17)12-5-4-10(21-12)3-2-6-15/h4-5,11H,6-9,15H2,1H3. The summed E-state index contributed by atoms with van der Waals surface area (Å²) in [5.41, 5.74) is 5.32. The van der Waals surface area contributed by atoms with E-state index in [4.69, 9.17) is 15.2 Å². The molecule has 1 aromatic rings. The first-order valence-corrected chi connectivity index (χ1v) is 7.24. The largest absolute Gasteiger partial charge is 0.467 e. The van der Waals surface area contributed by atoms with Crippen LogP contribution in [-0.4, -0.2) is 56.2 Å². The highest BCUT2D eigenvalue weighted by molar-refractivity contribution is 7.14. The monoisotopic (exact) mass is 308 g/mol. The Kier molecular flexibility index (Phi) is 5.33. The third-order valence-electron chi connectivity index (χ3n) is 2.99. The maximum atomic E-state index is 12.5. The highest BCUT2D eigenvalue weighted by atomic mass is 32.1. The van der Waals surface area contributed by atoms with E-state index in [1.54, 1.807) is 12.1 Å². The van der Waals surface area contributed by atoms with Gasteiger partial charge in [0.15, 0.2) is 6.04 Å². The van der Waals surface area contributed by atoms with Crippen LogP contribution in [0.4, 0.5) is 0 Å². The van der Waals surface area contributed by atoms with Crippen molar-refractivity contribution in [2.75, 3.05) is 33.4 Å². The van der Waals surface area contributed by atoms with Gasteiger partial charge in [-0.3, -0.25) is 4.79 Å². The van der Waals surface area contributed by atoms with Crippen LogP contribution in [0.15, 0.2) is 12.1 Å². The first kappa shape index (κ1) is 15.5. The van der Waals surface area contributed by atoms with Gasteiger partial charge in [0, 0.05) is 6.54 Å². The van der Waals surface area contributed by atoms with Crippen LogP contribution in [0.25, 0.3) is 0 Å². The minimum Gasteiger partial charge on any atom is -0.467 e. The number of rotatable bonds is 2. The Bertz CT molecular complexity index is 587. The first-order valence-electron chi connectivity index (χ1n) is 6.42. The summed E-state index contributed by atoms with van der Waals surface area (Å²) < 4.78 is 9.97. The highest BCUT2D eigenvalue weighted by Crippen LogP contribution is 2.20. The Labute approximate surface area is 126 Å². The van der Waals surface area contributed by atoms with E-state index in [0.29, 0.717) is 18.0 Å². The van der Waals surface area contributed by atoms with Crippen molar-refractivity contribution in [1.82, 2.24) is 4.90 Å². The zero-order valence-corrected chi connectivity index (χ0v) is 12.4. The van der Waals surface area contributed by atoms with E-state index in [1.807, 2.05) is 0 Å². The van der Waals surface area contributed by atoms with Crippen molar-refractivity contribution in [2.24, 2.45) is 5.73 Å². The number of carbonyl (C=O) groups excluding carboxylic acids is 2. The number of thiophene rings is 1. The second kappa shape index (κ2) is 7.22. The SMILES string of the molecule is COC(=O)C1COCCN1C(=O)c1ccc(C#CCN)s1. The van der Waals surface area contributed by atoms with Crippen LogP contribution in [0.1, 0.15) is 14.5 Å². The second-order valence-electron chi connectivity index (χ2n) is 4.28. The number of esters is 1. The molecule has 6 nitrogen and oxygen atoms in total. The molecule has 0 saturated carbocycles. The number of ether oxygens (including phenoxy) is 2. The van der Waals surface area contributed by atoms with E-state index < -0.39 is 12.0 Å². The summed E-state index contributed by atoms with van der Waals surface area (Å²) in [4.78, 5) is 27.0. The van der Waals surface area contributed by atoms with Crippen LogP contribution in [0, 0.1) is 11.8 Å². The molecule has 1 aliphatic heterocycles. The molecule has 0 aromatic carbocycles. The lowest BCUT2D eigenvalue weighted by Crippen LogP contribution is -2.52. The van der Waals surface area contributed by atoms with Gasteiger partial charge in [-0.15, -0.1) is 11.3 Å². The number of carbonyl (C=O) groups is 2. The van der Waals surface area contributed by atoms with Gasteiger partial charge < -0.3 is 20.1 Å². The fourth-order valence-electron chi connectivity index (χ4n) is 1.98. The lowest BCUT2D eigenvalue weighted by Gasteiger charge is -2.33. The summed E-state index contributed by atoms with van der Waals surface area (Å²) in [6.07, 6.45) is 0. The molecule has 112 valence electrons. The molecular weight excluding hydrogens is 292 g/mol. The summed E-state index contributed by atoms with van der Waals surface area (Å²) in [6.45, 7) is 1.20. The van der Waals surface area contributed by atoms with Gasteiger partial charge in [-0.2, -0.15) is 0 Å². The van der Waals surface area contributed by atoms with Gasteiger partial charge >= 0.3 is 5.97 Å². The van der Waals surface area contributed by atoms with Crippen molar-refractivity contribution in [3.05, 3.63) is 21.9 Å². The van der Waals surface area contributed by atoms with E-state index >= 15 is 0 Å². The molecular formula is C14H16N2O4S. The van der Waals surface area contributed by atoms with Gasteiger partial charge in [-0.1, -0.05) is 11.8 Å². The van der Waals surface area contributed by atoms with Crippen molar-refractivity contribution in [1.29, 1.82) is 0 Å². The fraction of sp³-hybridized carbons (Fsp3) is 0.429. The van der Waals surface area contributed by atoms with Crippen molar-refractivity contribution >= 4 is 23.2 Å². The van der Waals surface area contributed by atoms with E-state index in [1.165, 1.54) is 23.3 Å². The molecule has 0 spiro atoms. The van der Waals surface area contributed by atoms with E-state index in [-0.39, 0.29) is 19.1 Å². The Morgan fingerprint density at radius 1 is 1.57 bits per heavy atom. The molecule has 0 bridgehead atoms. The average molecular weight is 308 g/mol. The molecule has 2 heterocycles. The van der Waals surface area contributed by atoms with Crippen molar-refractivity contribution in [2.45, 2.75) is 6.04 Å². The molecule has 1 atom stereocenters. The highest BCUT2D eigenvalue weighted by Gasteiger charge is 2.34. The summed E-state index contributed by atoms with van der Waals surface area (Å²) in [5, 5.41) is 0. The van der Waals surface area contributed by atoms with E-state index in [2.05, 4.69) is 11.8 Å². The normalized spacial score (nSPS) is 17.8. The predicted molar refractivity (Wildman–Crippen MR) is 77.9 cm³/mol. The van der Waals surface area contributed by atoms with E-state index in [9.17, 15) is 9.59 Å². The maximum absolute atomic E-state index is 12.5. The third-order valence-corrected chi connectivity index (χ3v) is 3.98. The van der Waals surface area contributed by atoms with Gasteiger partial charge in [0.2, 0.25) is 0 Å². The number of nitrogens with two attached hydrogens (primary N) is 1. The molecule has 1 aromatic heterocycles. The van der Waals surface area contributed by atoms with E-state index in [0.717, 1.165) is 4.88 Å². The molecule has 0 aliphatic carbocycles. The first-order chi connectivity index (χ1) is 10.2. The maximum Gasteiger partial charge on any atom is 0.331 e. The predicted octanol–water partition coefficient (Wildman–Crippen LogP) is 0.0723. The zero-order valence-electron chi connectivity index (χ0n) is 11.6. The van der Waals surface area contributed by atoms with Crippen LogP contribution in [0.3, 0.4) is 0 Å². The summed E-state index contributed by atoms with van der Waals surface area (Å²) in [7, 11) is 1.30. The number of nitrogens with zero attached hydrogens (tertiary/aromatic N) is 1. The van der Waals surface area contributed by atoms with Gasteiger partial charge in [0.25, 0.3) is 5.91 Å². The van der Waals surface area contributed by atoms with Gasteiger partial charge in [0.1, 0.15) is 0 Å². The minimum absolute atomic E-state index is 0.156. The van der Waals surface area contributed by atoms with Crippen molar-refractivity contribution < 1.29 is 19.1 Å². The summed E-state index contributed by atoms with van der Waals surface area (Å²) >= 11 is 1.28. The van der Waals surface area contributed by atoms with Crippen LogP contribution < -0.4 is 5.73 Å². The Morgan fingerprint density at radius 3 is 3.10 bits per heavy atom. The van der Waals surface area contributed by atoms with Crippen LogP contribution >= 0.6 is 11.3 Å². The quantitative estimate of drug-likeness (QED) is 0.618. The van der Waals surface area contributed by atoms with Gasteiger partial charge in [-0.05, 0) is 12.1 Å². The Hall–Kier alpha value is -1.88. The van der Waals surface area contributed by atoms with Crippen molar-refractivity contribution in [3.63, 3.8) is 0 Å². The molecule has 21 heavy (non-hydrogen) atoms. The summed E-state index contributed by atoms with van der Waals surface area (Å²) in [5.74, 6) is 4.95. The molecule has 7 heteroatoms. The van der Waals surface area contributed by atoms with Crippen molar-refractivity contribution in [3.8, 4) is 11.8 Å². The molecule has 1 saturated heterocycles. The molecule has 1 fully saturated rings. The van der Waals surface area contributed by atoms with Crippen LogP contribution in [0.2, 0.25) is 0 Å². The van der Waals surface area contributed by atoms with Gasteiger partial charge in [0.05, 0.1) is 36.6 Å². The Morgan fingerprint density at radius 2 is 2.38 bits per heavy atom. The molecule has 1 amide bonds. The van der Waals surface area contributed by atoms with Gasteiger partial charge in [-0.25, -0.2) is 4.79 Å². The smallest absolute Gasteiger partial charge is 0.331 e. The van der Waals surface area contributed by atoms with Crippen LogP contribution in [-0.2, 0) is 14.3 Å². The third kappa shape index (κ3) is 3.61. The second-order valence-corrected chi connectivity index (χ2v) is 5.37. The topological polar surface area (TPSA) is 81.9 Å². The number of methoxy groups -OCH3 is 1. The Balaban J connectivity index is 2.16. The molecule has 1 unspecified atom stereocenters. The number of hydrogen-bond acceptors (Lipinski definition) is 6. The molecule has 1 aliphatic rings. The average Bonchev–Trinajstić information content (AvgIpc) is 3.00. The lowest BCUT2D eigenvalue weighted by atomic mass is 10.2.